The summed E-state index contributed by atoms with van der Waals surface area (Å²) in [7, 11) is 0. The van der Waals surface area contributed by atoms with E-state index in [1.165, 1.54) is 0 Å². The second-order valence-electron chi connectivity index (χ2n) is 2.58. The van der Waals surface area contributed by atoms with Gasteiger partial charge >= 0.3 is 0 Å². The Balaban J connectivity index is 2.77. The molecule has 0 bridgehead atoms. The topological polar surface area (TPSA) is 18.5 Å². The lowest BCUT2D eigenvalue weighted by molar-refractivity contribution is 0.0464. The highest BCUT2D eigenvalue weighted by molar-refractivity contribution is 4.39. The second-order valence-corrected chi connectivity index (χ2v) is 2.58. The van der Waals surface area contributed by atoms with Crippen LogP contribution in [0, 0.1) is 12.8 Å². The Labute approximate surface area is 63.5 Å². The van der Waals surface area contributed by atoms with Gasteiger partial charge in [-0.2, -0.15) is 0 Å². The van der Waals surface area contributed by atoms with Crippen molar-refractivity contribution in [1.82, 2.24) is 0 Å². The molecule has 0 fully saturated rings. The highest BCUT2D eigenvalue weighted by Gasteiger charge is 1.92. The van der Waals surface area contributed by atoms with Crippen molar-refractivity contribution >= 4 is 0 Å². The maximum Gasteiger partial charge on any atom is 0.0700 e. The molecule has 0 N–H and O–H groups in total. The first kappa shape index (κ1) is 9.92. The van der Waals surface area contributed by atoms with Crippen LogP contribution in [0.2, 0.25) is 0 Å². The number of ether oxygens (including phenoxy) is 2. The van der Waals surface area contributed by atoms with Crippen molar-refractivity contribution in [2.75, 3.05) is 26.4 Å². The Bertz CT molecular complexity index is 62.3. The molecule has 2 heteroatoms. The molecular weight excluding hydrogens is 128 g/mol. The molecule has 0 aliphatic heterocycles. The van der Waals surface area contributed by atoms with Crippen molar-refractivity contribution in [3.63, 3.8) is 0 Å². The summed E-state index contributed by atoms with van der Waals surface area (Å²) in [5.41, 5.74) is 0. The Morgan fingerprint density at radius 2 is 1.80 bits per heavy atom. The summed E-state index contributed by atoms with van der Waals surface area (Å²) in [6.07, 6.45) is 0. The van der Waals surface area contributed by atoms with E-state index in [0.29, 0.717) is 25.7 Å². The monoisotopic (exact) mass is 145 g/mol. The fourth-order valence-electron chi connectivity index (χ4n) is 0.539. The zero-order valence-corrected chi connectivity index (χ0v) is 6.93. The molecule has 0 saturated heterocycles. The molecule has 1 radical (unpaired) electrons. The van der Waals surface area contributed by atoms with Crippen molar-refractivity contribution in [1.29, 1.82) is 0 Å². The summed E-state index contributed by atoms with van der Waals surface area (Å²) in [5.74, 6) is 0.611. The molecule has 0 aromatic carbocycles. The first-order chi connectivity index (χ1) is 4.77. The van der Waals surface area contributed by atoms with Crippen molar-refractivity contribution in [3.8, 4) is 0 Å². The summed E-state index contributed by atoms with van der Waals surface area (Å²) in [6.45, 7) is 10.5. The molecular formula is C8H17O2. The quantitative estimate of drug-likeness (QED) is 0.527. The van der Waals surface area contributed by atoms with Crippen LogP contribution in [0.15, 0.2) is 0 Å². The van der Waals surface area contributed by atoms with Crippen molar-refractivity contribution in [3.05, 3.63) is 6.92 Å². The minimum absolute atomic E-state index is 0.533. The van der Waals surface area contributed by atoms with Gasteiger partial charge in [0, 0.05) is 13.2 Å². The van der Waals surface area contributed by atoms with E-state index in [4.69, 9.17) is 9.47 Å². The van der Waals surface area contributed by atoms with Gasteiger partial charge in [0.25, 0.3) is 0 Å². The zero-order valence-electron chi connectivity index (χ0n) is 6.93. The highest BCUT2D eigenvalue weighted by Crippen LogP contribution is 1.91. The number of rotatable bonds is 6. The molecule has 0 rings (SSSR count). The summed E-state index contributed by atoms with van der Waals surface area (Å²) in [5, 5.41) is 0. The maximum atomic E-state index is 5.24. The fraction of sp³-hybridized carbons (Fsp3) is 0.875. The smallest absolute Gasteiger partial charge is 0.0700 e. The summed E-state index contributed by atoms with van der Waals surface area (Å²) in [4.78, 5) is 0. The fourth-order valence-corrected chi connectivity index (χ4v) is 0.539. The maximum absolute atomic E-state index is 5.24. The van der Waals surface area contributed by atoms with Gasteiger partial charge in [-0.05, 0) is 12.8 Å². The van der Waals surface area contributed by atoms with Crippen LogP contribution in [0.1, 0.15) is 13.8 Å². The second kappa shape index (κ2) is 7.03. The van der Waals surface area contributed by atoms with E-state index in [-0.39, 0.29) is 0 Å². The predicted octanol–water partition coefficient (Wildman–Crippen LogP) is 1.51. The van der Waals surface area contributed by atoms with E-state index in [1.54, 1.807) is 0 Å². The van der Waals surface area contributed by atoms with Crippen LogP contribution in [0.5, 0.6) is 0 Å². The Morgan fingerprint density at radius 1 is 1.20 bits per heavy atom. The summed E-state index contributed by atoms with van der Waals surface area (Å²) >= 11 is 0. The lowest BCUT2D eigenvalue weighted by Crippen LogP contribution is -2.08. The van der Waals surface area contributed by atoms with E-state index in [9.17, 15) is 0 Å². The van der Waals surface area contributed by atoms with Gasteiger partial charge in [0.05, 0.1) is 13.2 Å². The molecule has 0 aromatic rings. The molecule has 0 unspecified atom stereocenters. The molecule has 0 saturated carbocycles. The van der Waals surface area contributed by atoms with Crippen molar-refractivity contribution < 1.29 is 9.47 Å². The van der Waals surface area contributed by atoms with Crippen LogP contribution in [-0.2, 0) is 9.47 Å². The predicted molar refractivity (Wildman–Crippen MR) is 41.8 cm³/mol. The van der Waals surface area contributed by atoms with Crippen LogP contribution >= 0.6 is 0 Å². The molecule has 0 aliphatic rings. The molecule has 0 heterocycles. The average Bonchev–Trinajstić information content (AvgIpc) is 1.87. The first-order valence-corrected chi connectivity index (χ1v) is 3.72. The molecule has 0 aromatic heterocycles. The van der Waals surface area contributed by atoms with E-state index < -0.39 is 0 Å². The summed E-state index contributed by atoms with van der Waals surface area (Å²) < 4.78 is 10.2. The van der Waals surface area contributed by atoms with Crippen molar-refractivity contribution in [2.24, 2.45) is 5.92 Å². The molecule has 0 amide bonds. The lowest BCUT2D eigenvalue weighted by atomic mass is 10.2. The van der Waals surface area contributed by atoms with E-state index in [0.717, 1.165) is 6.61 Å². The number of hydrogen-bond donors (Lipinski definition) is 0. The SMILES string of the molecule is [CH2]COCCOCC(C)C. The number of hydrogen-bond acceptors (Lipinski definition) is 2. The first-order valence-electron chi connectivity index (χ1n) is 3.72. The minimum atomic E-state index is 0.533. The van der Waals surface area contributed by atoms with Crippen LogP contribution in [0.25, 0.3) is 0 Å². The van der Waals surface area contributed by atoms with Gasteiger partial charge in [0.1, 0.15) is 0 Å². The Morgan fingerprint density at radius 3 is 2.30 bits per heavy atom. The summed E-state index contributed by atoms with van der Waals surface area (Å²) in [6, 6.07) is 0. The van der Waals surface area contributed by atoms with Gasteiger partial charge in [0.2, 0.25) is 0 Å². The van der Waals surface area contributed by atoms with E-state index >= 15 is 0 Å². The zero-order chi connectivity index (χ0) is 7.82. The minimum Gasteiger partial charge on any atom is -0.379 e. The highest BCUT2D eigenvalue weighted by atomic mass is 16.5. The molecule has 10 heavy (non-hydrogen) atoms. The van der Waals surface area contributed by atoms with Crippen LogP contribution in [-0.4, -0.2) is 26.4 Å². The Kier molecular flexibility index (Phi) is 6.98. The third-order valence-corrected chi connectivity index (χ3v) is 0.968. The third kappa shape index (κ3) is 7.92. The van der Waals surface area contributed by atoms with Crippen LogP contribution < -0.4 is 0 Å². The van der Waals surface area contributed by atoms with Gasteiger partial charge in [-0.1, -0.05) is 13.8 Å². The normalized spacial score (nSPS) is 10.8. The Hall–Kier alpha value is -0.0800. The molecule has 0 aliphatic carbocycles. The largest absolute Gasteiger partial charge is 0.379 e. The van der Waals surface area contributed by atoms with Crippen LogP contribution in [0.3, 0.4) is 0 Å². The van der Waals surface area contributed by atoms with Crippen molar-refractivity contribution in [2.45, 2.75) is 13.8 Å². The molecule has 0 spiro atoms. The van der Waals surface area contributed by atoms with Crippen LogP contribution in [0.4, 0.5) is 0 Å². The van der Waals surface area contributed by atoms with E-state index in [1.807, 2.05) is 0 Å². The molecule has 0 atom stereocenters. The third-order valence-electron chi connectivity index (χ3n) is 0.968. The van der Waals surface area contributed by atoms with Gasteiger partial charge < -0.3 is 9.47 Å². The standard InChI is InChI=1S/C8H17O2/c1-4-9-5-6-10-7-8(2)3/h8H,1,4-7H2,2-3H3. The van der Waals surface area contributed by atoms with E-state index in [2.05, 4.69) is 20.8 Å². The lowest BCUT2D eigenvalue weighted by Gasteiger charge is -2.05. The van der Waals surface area contributed by atoms with Gasteiger partial charge in [-0.15, -0.1) is 0 Å². The van der Waals surface area contributed by atoms with Gasteiger partial charge in [-0.3, -0.25) is 0 Å². The molecule has 2 nitrogen and oxygen atoms in total. The average molecular weight is 145 g/mol. The van der Waals surface area contributed by atoms with Gasteiger partial charge in [0.15, 0.2) is 0 Å². The molecule has 61 valence electrons. The van der Waals surface area contributed by atoms with Gasteiger partial charge in [-0.25, -0.2) is 0 Å².